The second kappa shape index (κ2) is 9.44. The molecular weight excluding hydrogens is 384 g/mol. The highest BCUT2D eigenvalue weighted by Gasteiger charge is 2.22. The summed E-state index contributed by atoms with van der Waals surface area (Å²) in [5.41, 5.74) is 1.07. The third kappa shape index (κ3) is 5.76. The van der Waals surface area contributed by atoms with E-state index in [1.54, 1.807) is 7.11 Å². The van der Waals surface area contributed by atoms with Gasteiger partial charge in [-0.3, -0.25) is 4.79 Å². The number of para-hydroxylation sites is 1. The summed E-state index contributed by atoms with van der Waals surface area (Å²) in [4.78, 5) is 13.3. The van der Waals surface area contributed by atoms with Gasteiger partial charge in [-0.25, -0.2) is 0 Å². The van der Waals surface area contributed by atoms with Crippen molar-refractivity contribution in [3.63, 3.8) is 0 Å². The van der Waals surface area contributed by atoms with Gasteiger partial charge >= 0.3 is 0 Å². The third-order valence-corrected chi connectivity index (χ3v) is 4.37. The number of carbonyl (C=O) groups excluding carboxylic acids is 1. The van der Waals surface area contributed by atoms with Crippen molar-refractivity contribution >= 4 is 21.8 Å². The topological polar surface area (TPSA) is 52.0 Å². The van der Waals surface area contributed by atoms with Crippen molar-refractivity contribution in [2.75, 3.05) is 34.4 Å². The fourth-order valence-electron chi connectivity index (χ4n) is 2.55. The maximum Gasteiger partial charge on any atom is 0.258 e. The van der Waals surface area contributed by atoms with Crippen LogP contribution >= 0.6 is 15.9 Å². The molecule has 0 radical (unpaired) electrons. The van der Waals surface area contributed by atoms with Crippen LogP contribution in [-0.2, 0) is 4.79 Å². The van der Waals surface area contributed by atoms with E-state index in [1.165, 1.54) is 4.90 Å². The fourth-order valence-corrected chi connectivity index (χ4v) is 2.93. The lowest BCUT2D eigenvalue weighted by molar-refractivity contribution is -0.890. The van der Waals surface area contributed by atoms with Crippen LogP contribution in [0.5, 0.6) is 11.5 Å². The standard InChI is InChI=1S/C19H23BrN2O3/c1-22(2)17(16-9-4-5-10-18(16)24-3)12-21-19(23)13-25-15-8-6-7-14(20)11-15/h4-11,17H,12-13H2,1-3H3,(H,21,23)/p+1/t17-/m0/s1. The van der Waals surface area contributed by atoms with E-state index in [-0.39, 0.29) is 18.6 Å². The van der Waals surface area contributed by atoms with E-state index in [9.17, 15) is 4.79 Å². The number of rotatable bonds is 8. The summed E-state index contributed by atoms with van der Waals surface area (Å²) in [6.45, 7) is 0.487. The van der Waals surface area contributed by atoms with Crippen LogP contribution in [0.15, 0.2) is 53.0 Å². The molecule has 0 spiro atoms. The molecule has 2 aromatic carbocycles. The highest BCUT2D eigenvalue weighted by molar-refractivity contribution is 9.10. The van der Waals surface area contributed by atoms with Crippen molar-refractivity contribution in [3.8, 4) is 11.5 Å². The van der Waals surface area contributed by atoms with Gasteiger partial charge < -0.3 is 19.7 Å². The summed E-state index contributed by atoms with van der Waals surface area (Å²) >= 11 is 3.38. The lowest BCUT2D eigenvalue weighted by Crippen LogP contribution is -3.07. The first-order valence-electron chi connectivity index (χ1n) is 8.09. The Balaban J connectivity index is 1.93. The van der Waals surface area contributed by atoms with Crippen LogP contribution < -0.4 is 19.7 Å². The Morgan fingerprint density at radius 3 is 2.64 bits per heavy atom. The molecule has 25 heavy (non-hydrogen) atoms. The zero-order valence-electron chi connectivity index (χ0n) is 14.7. The van der Waals surface area contributed by atoms with Gasteiger partial charge in [0.1, 0.15) is 17.5 Å². The highest BCUT2D eigenvalue weighted by Crippen LogP contribution is 2.22. The monoisotopic (exact) mass is 407 g/mol. The Bertz CT molecular complexity index is 707. The number of likely N-dealkylation sites (N-methyl/N-ethyl adjacent to an activating group) is 1. The van der Waals surface area contributed by atoms with E-state index in [1.807, 2.05) is 48.5 Å². The number of benzene rings is 2. The van der Waals surface area contributed by atoms with Gasteiger partial charge in [0.05, 0.1) is 33.3 Å². The molecule has 0 heterocycles. The Kier molecular flexibility index (Phi) is 7.28. The first-order chi connectivity index (χ1) is 12.0. The summed E-state index contributed by atoms with van der Waals surface area (Å²) in [6, 6.07) is 15.4. The van der Waals surface area contributed by atoms with Crippen molar-refractivity contribution in [3.05, 3.63) is 58.6 Å². The number of nitrogens with one attached hydrogen (secondary N) is 2. The Hall–Kier alpha value is -2.05. The maximum atomic E-state index is 12.1. The van der Waals surface area contributed by atoms with E-state index in [4.69, 9.17) is 9.47 Å². The lowest BCUT2D eigenvalue weighted by atomic mass is 10.0. The van der Waals surface area contributed by atoms with Gasteiger partial charge in [-0.2, -0.15) is 0 Å². The number of ether oxygens (including phenoxy) is 2. The second-order valence-corrected chi connectivity index (χ2v) is 6.84. The molecular formula is C19H24BrN2O3+. The molecule has 134 valence electrons. The fraction of sp³-hybridized carbons (Fsp3) is 0.316. The normalized spacial score (nSPS) is 11.9. The Labute approximate surface area is 157 Å². The summed E-state index contributed by atoms with van der Waals surface area (Å²) in [6.07, 6.45) is 0. The number of carbonyl (C=O) groups is 1. The summed E-state index contributed by atoms with van der Waals surface area (Å²) < 4.78 is 11.9. The van der Waals surface area contributed by atoms with E-state index in [0.29, 0.717) is 12.3 Å². The molecule has 0 unspecified atom stereocenters. The van der Waals surface area contributed by atoms with Crippen molar-refractivity contribution in [2.24, 2.45) is 0 Å². The summed E-state index contributed by atoms with van der Waals surface area (Å²) in [7, 11) is 5.77. The summed E-state index contributed by atoms with van der Waals surface area (Å²) in [5.74, 6) is 1.33. The van der Waals surface area contributed by atoms with Gasteiger partial charge in [0.2, 0.25) is 0 Å². The molecule has 0 saturated heterocycles. The zero-order valence-corrected chi connectivity index (χ0v) is 16.3. The minimum Gasteiger partial charge on any atom is -0.496 e. The number of methoxy groups -OCH3 is 1. The van der Waals surface area contributed by atoms with E-state index in [0.717, 1.165) is 15.8 Å². The van der Waals surface area contributed by atoms with Gasteiger partial charge in [-0.1, -0.05) is 34.1 Å². The van der Waals surface area contributed by atoms with Crippen LogP contribution in [0.25, 0.3) is 0 Å². The number of amides is 1. The molecule has 0 bridgehead atoms. The van der Waals surface area contributed by atoms with E-state index < -0.39 is 0 Å². The lowest BCUT2D eigenvalue weighted by Gasteiger charge is -2.23. The van der Waals surface area contributed by atoms with Crippen molar-refractivity contribution in [1.82, 2.24) is 5.32 Å². The molecule has 6 heteroatoms. The molecule has 0 saturated carbocycles. The Morgan fingerprint density at radius 2 is 1.96 bits per heavy atom. The number of hydrogen-bond acceptors (Lipinski definition) is 3. The zero-order chi connectivity index (χ0) is 18.2. The molecule has 1 atom stereocenters. The molecule has 0 aliphatic heterocycles. The predicted molar refractivity (Wildman–Crippen MR) is 101 cm³/mol. The first-order valence-corrected chi connectivity index (χ1v) is 8.88. The summed E-state index contributed by atoms with van der Waals surface area (Å²) in [5, 5.41) is 2.95. The van der Waals surface area contributed by atoms with Gasteiger partial charge in [0, 0.05) is 4.47 Å². The van der Waals surface area contributed by atoms with Crippen molar-refractivity contribution in [2.45, 2.75) is 6.04 Å². The second-order valence-electron chi connectivity index (χ2n) is 5.92. The van der Waals surface area contributed by atoms with Crippen LogP contribution in [0.3, 0.4) is 0 Å². The minimum atomic E-state index is -0.152. The first kappa shape index (κ1) is 19.3. The third-order valence-electron chi connectivity index (χ3n) is 3.88. The average molecular weight is 408 g/mol. The van der Waals surface area contributed by atoms with Crippen LogP contribution in [0.4, 0.5) is 0 Å². The quantitative estimate of drug-likeness (QED) is 0.701. The molecule has 5 nitrogen and oxygen atoms in total. The molecule has 2 aromatic rings. The van der Waals surface area contributed by atoms with E-state index >= 15 is 0 Å². The van der Waals surface area contributed by atoms with Crippen molar-refractivity contribution in [1.29, 1.82) is 0 Å². The maximum absolute atomic E-state index is 12.1. The van der Waals surface area contributed by atoms with E-state index in [2.05, 4.69) is 35.3 Å². The number of halogens is 1. The molecule has 1 amide bonds. The number of quaternary nitrogens is 1. The Morgan fingerprint density at radius 1 is 1.20 bits per heavy atom. The molecule has 0 aliphatic carbocycles. The minimum absolute atomic E-state index is 0.0160. The molecule has 0 fully saturated rings. The van der Waals surface area contributed by atoms with Crippen LogP contribution in [-0.4, -0.2) is 40.3 Å². The van der Waals surface area contributed by atoms with Crippen LogP contribution in [0, 0.1) is 0 Å². The smallest absolute Gasteiger partial charge is 0.258 e. The molecule has 2 rings (SSSR count). The van der Waals surface area contributed by atoms with Gasteiger partial charge in [-0.15, -0.1) is 0 Å². The SMILES string of the molecule is COc1ccccc1[C@H](CNC(=O)COc1cccc(Br)c1)[NH+](C)C. The van der Waals surface area contributed by atoms with Crippen molar-refractivity contribution < 1.29 is 19.2 Å². The average Bonchev–Trinajstić information content (AvgIpc) is 2.60. The number of hydrogen-bond donors (Lipinski definition) is 2. The molecule has 0 aromatic heterocycles. The largest absolute Gasteiger partial charge is 0.496 e. The van der Waals surface area contributed by atoms with Gasteiger partial charge in [0.15, 0.2) is 6.61 Å². The van der Waals surface area contributed by atoms with Gasteiger partial charge in [0.25, 0.3) is 5.91 Å². The molecule has 0 aliphatic rings. The van der Waals surface area contributed by atoms with Gasteiger partial charge in [-0.05, 0) is 30.3 Å². The predicted octanol–water partition coefficient (Wildman–Crippen LogP) is 1.84. The molecule has 2 N–H and O–H groups in total. The highest BCUT2D eigenvalue weighted by atomic mass is 79.9. The van der Waals surface area contributed by atoms with Crippen LogP contribution in [0.2, 0.25) is 0 Å². The van der Waals surface area contributed by atoms with Crippen LogP contribution in [0.1, 0.15) is 11.6 Å².